The summed E-state index contributed by atoms with van der Waals surface area (Å²) in [5.74, 6) is 0. The van der Waals surface area contributed by atoms with E-state index in [1.54, 1.807) is 0 Å². The third-order valence-electron chi connectivity index (χ3n) is 2.41. The van der Waals surface area contributed by atoms with Gasteiger partial charge < -0.3 is 10.3 Å². The Balaban J connectivity index is 2.87. The van der Waals surface area contributed by atoms with Gasteiger partial charge in [-0.2, -0.15) is 0 Å². The van der Waals surface area contributed by atoms with E-state index in [0.717, 1.165) is 21.6 Å². The Hall–Kier alpha value is -0.700. The van der Waals surface area contributed by atoms with Crippen molar-refractivity contribution in [1.29, 1.82) is 0 Å². The summed E-state index contributed by atoms with van der Waals surface area (Å²) in [6.45, 7) is 0.432. The first-order valence-electron chi connectivity index (χ1n) is 4.27. The zero-order chi connectivity index (χ0) is 10.3. The molecule has 0 fully saturated rings. The molecule has 0 aliphatic rings. The van der Waals surface area contributed by atoms with Crippen LogP contribution in [-0.2, 0) is 13.6 Å². The fourth-order valence-electron chi connectivity index (χ4n) is 1.64. The zero-order valence-electron chi connectivity index (χ0n) is 7.72. The first-order valence-corrected chi connectivity index (χ1v) is 5.03. The minimum absolute atomic E-state index is 0.432. The highest BCUT2D eigenvalue weighted by Gasteiger charge is 2.11. The second-order valence-corrected chi connectivity index (χ2v) is 4.00. The van der Waals surface area contributed by atoms with Crippen LogP contribution in [0.4, 0.5) is 0 Å². The van der Waals surface area contributed by atoms with E-state index < -0.39 is 0 Å². The molecule has 1 heterocycles. The standard InChI is InChI=1S/C10H10Cl2N2/c1-14-8-4-6(11)2-3-7(8)10(12)9(14)5-13/h2-4H,5,13H2,1H3. The Morgan fingerprint density at radius 1 is 1.36 bits per heavy atom. The summed E-state index contributed by atoms with van der Waals surface area (Å²) in [7, 11) is 1.94. The molecule has 2 nitrogen and oxygen atoms in total. The number of halogens is 2. The highest BCUT2D eigenvalue weighted by molar-refractivity contribution is 6.37. The number of fused-ring (bicyclic) bond motifs is 1. The van der Waals surface area contributed by atoms with Crippen LogP contribution in [0.25, 0.3) is 10.9 Å². The summed E-state index contributed by atoms with van der Waals surface area (Å²) < 4.78 is 1.98. The molecule has 0 bridgehead atoms. The van der Waals surface area contributed by atoms with Gasteiger partial charge in [-0.25, -0.2) is 0 Å². The largest absolute Gasteiger partial charge is 0.345 e. The van der Waals surface area contributed by atoms with E-state index in [1.165, 1.54) is 0 Å². The number of rotatable bonds is 1. The van der Waals surface area contributed by atoms with Crippen molar-refractivity contribution < 1.29 is 0 Å². The second-order valence-electron chi connectivity index (χ2n) is 3.19. The van der Waals surface area contributed by atoms with Crippen LogP contribution >= 0.6 is 23.2 Å². The van der Waals surface area contributed by atoms with E-state index in [0.29, 0.717) is 11.6 Å². The molecular formula is C10H10Cl2N2. The molecular weight excluding hydrogens is 219 g/mol. The van der Waals surface area contributed by atoms with Crippen LogP contribution in [-0.4, -0.2) is 4.57 Å². The summed E-state index contributed by atoms with van der Waals surface area (Å²) in [5, 5.41) is 2.43. The second kappa shape index (κ2) is 3.46. The van der Waals surface area contributed by atoms with Crippen LogP contribution in [0.1, 0.15) is 5.69 Å². The van der Waals surface area contributed by atoms with Gasteiger partial charge in [0.2, 0.25) is 0 Å². The van der Waals surface area contributed by atoms with Gasteiger partial charge in [0.1, 0.15) is 0 Å². The molecule has 0 amide bonds. The highest BCUT2D eigenvalue weighted by atomic mass is 35.5. The first kappa shape index (κ1) is 9.84. The van der Waals surface area contributed by atoms with Crippen LogP contribution < -0.4 is 5.73 Å². The predicted octanol–water partition coefficient (Wildman–Crippen LogP) is 2.94. The summed E-state index contributed by atoms with van der Waals surface area (Å²) in [5.41, 5.74) is 7.57. The van der Waals surface area contributed by atoms with Crippen LogP contribution in [0.15, 0.2) is 18.2 Å². The van der Waals surface area contributed by atoms with Crippen LogP contribution in [0.2, 0.25) is 10.0 Å². The quantitative estimate of drug-likeness (QED) is 0.800. The predicted molar refractivity (Wildman–Crippen MR) is 60.8 cm³/mol. The zero-order valence-corrected chi connectivity index (χ0v) is 9.23. The maximum atomic E-state index is 6.17. The molecule has 1 aromatic heterocycles. The van der Waals surface area contributed by atoms with E-state index in [1.807, 2.05) is 29.8 Å². The molecule has 0 aliphatic carbocycles. The Morgan fingerprint density at radius 3 is 2.71 bits per heavy atom. The average molecular weight is 229 g/mol. The molecule has 2 N–H and O–H groups in total. The van der Waals surface area contributed by atoms with Crippen molar-refractivity contribution in [2.45, 2.75) is 6.54 Å². The van der Waals surface area contributed by atoms with Gasteiger partial charge in [-0.15, -0.1) is 0 Å². The van der Waals surface area contributed by atoms with Gasteiger partial charge in [-0.05, 0) is 18.2 Å². The van der Waals surface area contributed by atoms with Crippen molar-refractivity contribution in [1.82, 2.24) is 4.57 Å². The Labute approximate surface area is 92.2 Å². The third kappa shape index (κ3) is 1.31. The summed E-state index contributed by atoms with van der Waals surface area (Å²) in [6, 6.07) is 5.64. The van der Waals surface area contributed by atoms with E-state index in [2.05, 4.69) is 0 Å². The summed E-state index contributed by atoms with van der Waals surface area (Å²) in [4.78, 5) is 0. The number of aromatic nitrogens is 1. The first-order chi connectivity index (χ1) is 6.65. The molecule has 1 aromatic carbocycles. The molecule has 0 atom stereocenters. The number of hydrogen-bond donors (Lipinski definition) is 1. The summed E-state index contributed by atoms with van der Waals surface area (Å²) >= 11 is 12.1. The van der Waals surface area contributed by atoms with E-state index >= 15 is 0 Å². The van der Waals surface area contributed by atoms with Gasteiger partial charge in [-0.1, -0.05) is 23.2 Å². The maximum absolute atomic E-state index is 6.17. The highest BCUT2D eigenvalue weighted by Crippen LogP contribution is 2.31. The molecule has 0 aliphatic heterocycles. The Morgan fingerprint density at radius 2 is 2.07 bits per heavy atom. The molecule has 74 valence electrons. The van der Waals surface area contributed by atoms with Crippen LogP contribution in [0.5, 0.6) is 0 Å². The van der Waals surface area contributed by atoms with Crippen molar-refractivity contribution in [2.75, 3.05) is 0 Å². The summed E-state index contributed by atoms with van der Waals surface area (Å²) in [6.07, 6.45) is 0. The van der Waals surface area contributed by atoms with Gasteiger partial charge in [0.15, 0.2) is 0 Å². The normalized spacial score (nSPS) is 11.1. The minimum Gasteiger partial charge on any atom is -0.345 e. The SMILES string of the molecule is Cn1c(CN)c(Cl)c2ccc(Cl)cc21. The van der Waals surface area contributed by atoms with Gasteiger partial charge in [0.25, 0.3) is 0 Å². The number of nitrogens with zero attached hydrogens (tertiary/aromatic N) is 1. The van der Waals surface area contributed by atoms with Gasteiger partial charge in [0, 0.05) is 24.0 Å². The minimum atomic E-state index is 0.432. The van der Waals surface area contributed by atoms with Crippen molar-refractivity contribution in [3.63, 3.8) is 0 Å². The number of benzene rings is 1. The molecule has 2 rings (SSSR count). The lowest BCUT2D eigenvalue weighted by Gasteiger charge is -2.00. The van der Waals surface area contributed by atoms with E-state index in [4.69, 9.17) is 28.9 Å². The van der Waals surface area contributed by atoms with Gasteiger partial charge >= 0.3 is 0 Å². The third-order valence-corrected chi connectivity index (χ3v) is 3.07. The molecule has 0 spiro atoms. The van der Waals surface area contributed by atoms with Gasteiger partial charge in [-0.3, -0.25) is 0 Å². The molecule has 0 saturated carbocycles. The average Bonchev–Trinajstić information content (AvgIpc) is 2.39. The lowest BCUT2D eigenvalue weighted by atomic mass is 10.2. The lowest BCUT2D eigenvalue weighted by Crippen LogP contribution is -2.03. The van der Waals surface area contributed by atoms with Crippen LogP contribution in [0.3, 0.4) is 0 Å². The number of aryl methyl sites for hydroxylation is 1. The molecule has 4 heteroatoms. The molecule has 2 aromatic rings. The number of hydrogen-bond acceptors (Lipinski definition) is 1. The fourth-order valence-corrected chi connectivity index (χ4v) is 2.17. The van der Waals surface area contributed by atoms with Crippen molar-refractivity contribution in [2.24, 2.45) is 12.8 Å². The maximum Gasteiger partial charge on any atom is 0.0707 e. The topological polar surface area (TPSA) is 30.9 Å². The van der Waals surface area contributed by atoms with Crippen LogP contribution in [0, 0.1) is 0 Å². The molecule has 14 heavy (non-hydrogen) atoms. The van der Waals surface area contributed by atoms with Crippen molar-refractivity contribution >= 4 is 34.1 Å². The van der Waals surface area contributed by atoms with Crippen molar-refractivity contribution in [3.8, 4) is 0 Å². The smallest absolute Gasteiger partial charge is 0.0707 e. The molecule has 0 radical (unpaired) electrons. The number of nitrogens with two attached hydrogens (primary N) is 1. The molecule has 0 unspecified atom stereocenters. The Kier molecular flexibility index (Phi) is 2.43. The van der Waals surface area contributed by atoms with E-state index in [-0.39, 0.29) is 0 Å². The van der Waals surface area contributed by atoms with Gasteiger partial charge in [0.05, 0.1) is 16.2 Å². The lowest BCUT2D eigenvalue weighted by molar-refractivity contribution is 0.849. The Bertz CT molecular complexity index is 488. The van der Waals surface area contributed by atoms with E-state index in [9.17, 15) is 0 Å². The van der Waals surface area contributed by atoms with Crippen molar-refractivity contribution in [3.05, 3.63) is 33.9 Å². The molecule has 0 saturated heterocycles. The monoisotopic (exact) mass is 228 g/mol. The fraction of sp³-hybridized carbons (Fsp3) is 0.200.